The molecule has 0 N–H and O–H groups in total. The number of benzene rings is 1. The molecular formula is C21H29N5O2S. The molecule has 1 amide bonds. The fraction of sp³-hybridized carbons (Fsp3) is 0.476. The van der Waals surface area contributed by atoms with Gasteiger partial charge >= 0.3 is 0 Å². The summed E-state index contributed by atoms with van der Waals surface area (Å²) in [6, 6.07) is 7.72. The summed E-state index contributed by atoms with van der Waals surface area (Å²) in [6.07, 6.45) is 1.68. The predicted octanol–water partition coefficient (Wildman–Crippen LogP) is 4.07. The molecule has 0 radical (unpaired) electrons. The van der Waals surface area contributed by atoms with Crippen LogP contribution in [0.1, 0.15) is 44.2 Å². The average molecular weight is 416 g/mol. The molecule has 0 fully saturated rings. The normalized spacial score (nSPS) is 11.6. The van der Waals surface area contributed by atoms with Gasteiger partial charge in [-0.25, -0.2) is 4.98 Å². The number of para-hydroxylation sites is 1. The van der Waals surface area contributed by atoms with E-state index in [1.54, 1.807) is 29.0 Å². The molecule has 0 bridgehead atoms. The molecule has 3 aromatic rings. The van der Waals surface area contributed by atoms with E-state index in [9.17, 15) is 4.79 Å². The second kappa shape index (κ2) is 9.37. The van der Waals surface area contributed by atoms with Crippen molar-refractivity contribution >= 4 is 32.6 Å². The number of fused-ring (bicyclic) bond motifs is 1. The summed E-state index contributed by atoms with van der Waals surface area (Å²) in [6.45, 7) is 11.5. The molecule has 1 aromatic carbocycles. The first-order valence-electron chi connectivity index (χ1n) is 10.0. The molecule has 3 rings (SSSR count). The number of methoxy groups -OCH3 is 1. The molecule has 0 saturated carbocycles. The van der Waals surface area contributed by atoms with Crippen LogP contribution >= 0.6 is 11.3 Å². The first-order chi connectivity index (χ1) is 14.0. The monoisotopic (exact) mass is 415 g/mol. The number of rotatable bonds is 9. The lowest BCUT2D eigenvalue weighted by Gasteiger charge is -2.25. The van der Waals surface area contributed by atoms with Crippen molar-refractivity contribution < 1.29 is 9.53 Å². The van der Waals surface area contributed by atoms with Crippen LogP contribution in [0.4, 0.5) is 5.13 Å². The van der Waals surface area contributed by atoms with Gasteiger partial charge in [0.15, 0.2) is 5.13 Å². The Morgan fingerprint density at radius 1 is 1.21 bits per heavy atom. The molecule has 29 heavy (non-hydrogen) atoms. The van der Waals surface area contributed by atoms with Crippen molar-refractivity contribution in [2.24, 2.45) is 0 Å². The van der Waals surface area contributed by atoms with Gasteiger partial charge in [0.2, 0.25) is 0 Å². The summed E-state index contributed by atoms with van der Waals surface area (Å²) in [5.74, 6) is 0.634. The summed E-state index contributed by atoms with van der Waals surface area (Å²) < 4.78 is 8.22. The molecule has 2 heterocycles. The SMILES string of the molecule is CCN(CC)CCN(C(=O)c1ccnn1C(C)C)c1nc2c(OC)cccc2s1. The van der Waals surface area contributed by atoms with Crippen LogP contribution in [-0.4, -0.2) is 58.9 Å². The van der Waals surface area contributed by atoms with Gasteiger partial charge in [0.25, 0.3) is 5.91 Å². The fourth-order valence-corrected chi connectivity index (χ4v) is 4.30. The van der Waals surface area contributed by atoms with E-state index in [1.165, 1.54) is 11.3 Å². The van der Waals surface area contributed by atoms with E-state index in [0.29, 0.717) is 23.1 Å². The van der Waals surface area contributed by atoms with Gasteiger partial charge in [-0.05, 0) is 45.1 Å². The van der Waals surface area contributed by atoms with E-state index >= 15 is 0 Å². The quantitative estimate of drug-likeness (QED) is 0.527. The molecule has 0 aliphatic carbocycles. The number of carbonyl (C=O) groups excluding carboxylic acids is 1. The molecule has 0 aliphatic rings. The van der Waals surface area contributed by atoms with Gasteiger partial charge in [-0.2, -0.15) is 5.10 Å². The Balaban J connectivity index is 2.01. The van der Waals surface area contributed by atoms with Gasteiger partial charge in [-0.15, -0.1) is 0 Å². The number of aromatic nitrogens is 3. The topological polar surface area (TPSA) is 63.5 Å². The summed E-state index contributed by atoms with van der Waals surface area (Å²) in [4.78, 5) is 22.4. The van der Waals surface area contributed by atoms with E-state index in [-0.39, 0.29) is 11.9 Å². The van der Waals surface area contributed by atoms with Crippen LogP contribution in [-0.2, 0) is 0 Å². The van der Waals surface area contributed by atoms with Gasteiger partial charge in [-0.3, -0.25) is 14.4 Å². The first kappa shape index (κ1) is 21.3. The largest absolute Gasteiger partial charge is 0.494 e. The van der Waals surface area contributed by atoms with E-state index in [0.717, 1.165) is 29.9 Å². The first-order valence-corrected chi connectivity index (χ1v) is 10.8. The van der Waals surface area contributed by atoms with Crippen molar-refractivity contribution in [3.05, 3.63) is 36.2 Å². The zero-order valence-electron chi connectivity index (χ0n) is 17.8. The Hall–Kier alpha value is -2.45. The molecule has 7 nitrogen and oxygen atoms in total. The van der Waals surface area contributed by atoms with Gasteiger partial charge in [0.05, 0.1) is 11.8 Å². The summed E-state index contributed by atoms with van der Waals surface area (Å²) in [7, 11) is 1.64. The van der Waals surface area contributed by atoms with Gasteiger partial charge in [0, 0.05) is 25.3 Å². The highest BCUT2D eigenvalue weighted by Crippen LogP contribution is 2.34. The number of likely N-dealkylation sites (N-methyl/N-ethyl adjacent to an activating group) is 1. The molecular weight excluding hydrogens is 386 g/mol. The lowest BCUT2D eigenvalue weighted by atomic mass is 10.3. The molecule has 0 aliphatic heterocycles. The van der Waals surface area contributed by atoms with Crippen molar-refractivity contribution in [2.75, 3.05) is 38.2 Å². The highest BCUT2D eigenvalue weighted by Gasteiger charge is 2.25. The van der Waals surface area contributed by atoms with Crippen LogP contribution in [0.5, 0.6) is 5.75 Å². The Morgan fingerprint density at radius 2 is 1.97 bits per heavy atom. The number of hydrogen-bond donors (Lipinski definition) is 0. The second-order valence-corrected chi connectivity index (χ2v) is 8.05. The van der Waals surface area contributed by atoms with Crippen LogP contribution < -0.4 is 9.64 Å². The number of thiazole rings is 1. The lowest BCUT2D eigenvalue weighted by Crippen LogP contribution is -2.39. The van der Waals surface area contributed by atoms with Gasteiger partial charge < -0.3 is 9.64 Å². The van der Waals surface area contributed by atoms with Crippen molar-refractivity contribution in [1.29, 1.82) is 0 Å². The van der Waals surface area contributed by atoms with E-state index in [1.807, 2.05) is 32.0 Å². The van der Waals surface area contributed by atoms with E-state index in [4.69, 9.17) is 9.72 Å². The van der Waals surface area contributed by atoms with Crippen molar-refractivity contribution in [2.45, 2.75) is 33.7 Å². The fourth-order valence-electron chi connectivity index (χ4n) is 3.29. The van der Waals surface area contributed by atoms with Gasteiger partial charge in [0.1, 0.15) is 17.0 Å². The maximum atomic E-state index is 13.5. The maximum absolute atomic E-state index is 13.5. The minimum absolute atomic E-state index is 0.0821. The predicted molar refractivity (Wildman–Crippen MR) is 118 cm³/mol. The number of carbonyl (C=O) groups is 1. The highest BCUT2D eigenvalue weighted by molar-refractivity contribution is 7.22. The molecule has 0 saturated heterocycles. The molecule has 0 atom stereocenters. The standard InChI is InChI=1S/C21H29N5O2S/c1-6-24(7-2)13-14-25(20(27)16-11-12-22-26(16)15(3)4)21-23-19-17(28-5)9-8-10-18(19)29-21/h8-12,15H,6-7,13-14H2,1-5H3. The number of ether oxygens (including phenoxy) is 1. The van der Waals surface area contributed by atoms with E-state index < -0.39 is 0 Å². The zero-order valence-corrected chi connectivity index (χ0v) is 18.6. The Kier molecular flexibility index (Phi) is 6.87. The second-order valence-electron chi connectivity index (χ2n) is 7.04. The molecule has 0 spiro atoms. The third kappa shape index (κ3) is 4.43. The zero-order chi connectivity index (χ0) is 21.0. The average Bonchev–Trinajstić information content (AvgIpc) is 3.37. The van der Waals surface area contributed by atoms with Crippen molar-refractivity contribution in [3.63, 3.8) is 0 Å². The summed E-state index contributed by atoms with van der Waals surface area (Å²) >= 11 is 1.51. The number of anilines is 1. The minimum Gasteiger partial charge on any atom is -0.494 e. The summed E-state index contributed by atoms with van der Waals surface area (Å²) in [5.41, 5.74) is 1.36. The minimum atomic E-state index is -0.0821. The van der Waals surface area contributed by atoms with Crippen LogP contribution in [0.3, 0.4) is 0 Å². The molecule has 8 heteroatoms. The molecule has 0 unspecified atom stereocenters. The van der Waals surface area contributed by atoms with Crippen LogP contribution in [0.25, 0.3) is 10.2 Å². The number of amides is 1. The number of nitrogens with zero attached hydrogens (tertiary/aromatic N) is 5. The molecule has 156 valence electrons. The highest BCUT2D eigenvalue weighted by atomic mass is 32.1. The van der Waals surface area contributed by atoms with Gasteiger partial charge in [-0.1, -0.05) is 31.3 Å². The van der Waals surface area contributed by atoms with Crippen LogP contribution in [0.2, 0.25) is 0 Å². The smallest absolute Gasteiger partial charge is 0.278 e. The number of hydrogen-bond acceptors (Lipinski definition) is 6. The van der Waals surface area contributed by atoms with Crippen LogP contribution in [0, 0.1) is 0 Å². The lowest BCUT2D eigenvalue weighted by molar-refractivity contribution is 0.0971. The Labute approximate surface area is 175 Å². The summed E-state index contributed by atoms with van der Waals surface area (Å²) in [5, 5.41) is 5.01. The maximum Gasteiger partial charge on any atom is 0.278 e. The Bertz CT molecular complexity index is 961. The van der Waals surface area contributed by atoms with Crippen LogP contribution in [0.15, 0.2) is 30.5 Å². The van der Waals surface area contributed by atoms with Crippen molar-refractivity contribution in [1.82, 2.24) is 19.7 Å². The van der Waals surface area contributed by atoms with E-state index in [2.05, 4.69) is 23.8 Å². The third-order valence-electron chi connectivity index (χ3n) is 4.98. The Morgan fingerprint density at radius 3 is 2.62 bits per heavy atom. The van der Waals surface area contributed by atoms with Crippen molar-refractivity contribution in [3.8, 4) is 5.75 Å². The molecule has 2 aromatic heterocycles. The third-order valence-corrected chi connectivity index (χ3v) is 6.02.